The second-order valence-corrected chi connectivity index (χ2v) is 7.91. The fraction of sp³-hybridized carbons (Fsp3) is 0.381. The molecule has 2 aromatic carbocycles. The zero-order valence-corrected chi connectivity index (χ0v) is 16.7. The Morgan fingerprint density at radius 3 is 2.30 bits per heavy atom. The molecule has 27 heavy (non-hydrogen) atoms. The van der Waals surface area contributed by atoms with Gasteiger partial charge in [-0.2, -0.15) is 0 Å². The molecule has 0 saturated heterocycles. The van der Waals surface area contributed by atoms with E-state index in [4.69, 9.17) is 25.8 Å². The van der Waals surface area contributed by atoms with E-state index in [0.29, 0.717) is 41.2 Å². The van der Waals surface area contributed by atoms with Gasteiger partial charge in [0.2, 0.25) is 0 Å². The predicted molar refractivity (Wildman–Crippen MR) is 106 cm³/mol. The molecule has 1 atom stereocenters. The summed E-state index contributed by atoms with van der Waals surface area (Å²) in [7, 11) is 0. The number of amides is 1. The van der Waals surface area contributed by atoms with Gasteiger partial charge in [0, 0.05) is 12.1 Å². The van der Waals surface area contributed by atoms with Gasteiger partial charge >= 0.3 is 0 Å². The van der Waals surface area contributed by atoms with E-state index < -0.39 is 6.10 Å². The van der Waals surface area contributed by atoms with Crippen LogP contribution in [0.2, 0.25) is 5.02 Å². The van der Waals surface area contributed by atoms with Crippen LogP contribution < -0.4 is 19.5 Å². The third-order valence-corrected chi connectivity index (χ3v) is 4.60. The molecule has 5 nitrogen and oxygen atoms in total. The summed E-state index contributed by atoms with van der Waals surface area (Å²) in [6, 6.07) is 11.1. The van der Waals surface area contributed by atoms with Crippen LogP contribution in [0.1, 0.15) is 33.3 Å². The minimum atomic E-state index is -0.685. The van der Waals surface area contributed by atoms with E-state index in [1.165, 1.54) is 5.56 Å². The van der Waals surface area contributed by atoms with Crippen LogP contribution in [0, 0.1) is 0 Å². The summed E-state index contributed by atoms with van der Waals surface area (Å²) in [6.45, 7) is 9.08. The van der Waals surface area contributed by atoms with Gasteiger partial charge in [0.25, 0.3) is 5.91 Å². The maximum atomic E-state index is 12.5. The summed E-state index contributed by atoms with van der Waals surface area (Å²) in [5, 5.41) is 3.17. The normalized spacial score (nSPS) is 14.4. The van der Waals surface area contributed by atoms with Crippen LogP contribution in [0.5, 0.6) is 17.2 Å². The third kappa shape index (κ3) is 4.66. The van der Waals surface area contributed by atoms with E-state index in [2.05, 4.69) is 26.1 Å². The lowest BCUT2D eigenvalue weighted by molar-refractivity contribution is -0.122. The smallest absolute Gasteiger partial charge is 0.265 e. The van der Waals surface area contributed by atoms with Gasteiger partial charge in [0.15, 0.2) is 17.6 Å². The molecule has 0 bridgehead atoms. The highest BCUT2D eigenvalue weighted by atomic mass is 35.5. The lowest BCUT2D eigenvalue weighted by Gasteiger charge is -2.21. The first-order chi connectivity index (χ1) is 12.7. The number of hydrogen-bond acceptors (Lipinski definition) is 4. The summed E-state index contributed by atoms with van der Waals surface area (Å²) in [4.78, 5) is 12.5. The lowest BCUT2D eigenvalue weighted by Crippen LogP contribution is -2.30. The average molecular weight is 390 g/mol. The van der Waals surface area contributed by atoms with Crippen molar-refractivity contribution >= 4 is 23.2 Å². The van der Waals surface area contributed by atoms with Crippen molar-refractivity contribution in [3.05, 3.63) is 47.0 Å². The molecule has 1 N–H and O–H groups in total. The Kier molecular flexibility index (Phi) is 5.51. The van der Waals surface area contributed by atoms with Gasteiger partial charge in [-0.1, -0.05) is 44.5 Å². The Balaban J connectivity index is 1.66. The number of carbonyl (C=O) groups is 1. The van der Waals surface area contributed by atoms with Crippen LogP contribution in [0.3, 0.4) is 0 Å². The van der Waals surface area contributed by atoms with Crippen molar-refractivity contribution in [1.82, 2.24) is 0 Å². The van der Waals surface area contributed by atoms with Crippen LogP contribution in [0.25, 0.3) is 0 Å². The molecule has 2 aromatic rings. The van der Waals surface area contributed by atoms with E-state index in [9.17, 15) is 4.79 Å². The molecule has 1 heterocycles. The molecule has 1 amide bonds. The van der Waals surface area contributed by atoms with Crippen LogP contribution in [-0.4, -0.2) is 25.2 Å². The standard InChI is InChI=1S/C21H24ClNO4/c1-13(27-15-7-5-14(6-8-15)21(2,3)4)20(24)23-17-12-19-18(11-16(17)22)25-9-10-26-19/h5-8,11-13H,9-10H2,1-4H3,(H,23,24). The fourth-order valence-electron chi connectivity index (χ4n) is 2.69. The van der Waals surface area contributed by atoms with Crippen LogP contribution in [-0.2, 0) is 10.2 Å². The molecule has 0 fully saturated rings. The maximum Gasteiger partial charge on any atom is 0.265 e. The Labute approximate surface area is 164 Å². The number of fused-ring (bicyclic) bond motifs is 1. The van der Waals surface area contributed by atoms with Gasteiger partial charge in [0.05, 0.1) is 10.7 Å². The minimum absolute atomic E-state index is 0.0660. The molecule has 3 rings (SSSR count). The number of rotatable bonds is 4. The number of nitrogens with one attached hydrogen (secondary N) is 1. The van der Waals surface area contributed by atoms with Crippen LogP contribution in [0.4, 0.5) is 5.69 Å². The monoisotopic (exact) mass is 389 g/mol. The predicted octanol–water partition coefficient (Wildman–Crippen LogP) is 4.81. The number of ether oxygens (including phenoxy) is 3. The number of hydrogen-bond donors (Lipinski definition) is 1. The van der Waals surface area contributed by atoms with Crippen molar-refractivity contribution < 1.29 is 19.0 Å². The van der Waals surface area contributed by atoms with Crippen molar-refractivity contribution in [3.63, 3.8) is 0 Å². The highest BCUT2D eigenvalue weighted by Gasteiger charge is 2.20. The molecular formula is C21H24ClNO4. The first-order valence-corrected chi connectivity index (χ1v) is 9.29. The minimum Gasteiger partial charge on any atom is -0.486 e. The molecule has 0 spiro atoms. The molecule has 0 radical (unpaired) electrons. The molecular weight excluding hydrogens is 366 g/mol. The molecule has 1 aliphatic heterocycles. The van der Waals surface area contributed by atoms with Gasteiger partial charge < -0.3 is 19.5 Å². The Morgan fingerprint density at radius 2 is 1.70 bits per heavy atom. The van der Waals surface area contributed by atoms with Gasteiger partial charge in [-0.3, -0.25) is 4.79 Å². The van der Waals surface area contributed by atoms with E-state index in [0.717, 1.165) is 0 Å². The molecule has 0 aromatic heterocycles. The number of anilines is 1. The fourth-order valence-corrected chi connectivity index (χ4v) is 2.89. The topological polar surface area (TPSA) is 56.8 Å². The van der Waals surface area contributed by atoms with E-state index in [-0.39, 0.29) is 11.3 Å². The number of carbonyl (C=O) groups excluding carboxylic acids is 1. The summed E-state index contributed by atoms with van der Waals surface area (Å²) in [5.41, 5.74) is 1.73. The summed E-state index contributed by atoms with van der Waals surface area (Å²) in [6.07, 6.45) is -0.685. The van der Waals surface area contributed by atoms with Crippen molar-refractivity contribution in [2.75, 3.05) is 18.5 Å². The Morgan fingerprint density at radius 1 is 1.11 bits per heavy atom. The molecule has 1 unspecified atom stereocenters. The molecule has 0 aliphatic carbocycles. The zero-order chi connectivity index (χ0) is 19.6. The number of halogens is 1. The highest BCUT2D eigenvalue weighted by Crippen LogP contribution is 2.38. The van der Waals surface area contributed by atoms with E-state index in [1.54, 1.807) is 19.1 Å². The quantitative estimate of drug-likeness (QED) is 0.814. The highest BCUT2D eigenvalue weighted by molar-refractivity contribution is 6.34. The first kappa shape index (κ1) is 19.4. The summed E-state index contributed by atoms with van der Waals surface area (Å²) in [5.74, 6) is 1.48. The van der Waals surface area contributed by atoms with Gasteiger partial charge in [-0.15, -0.1) is 0 Å². The van der Waals surface area contributed by atoms with Crippen LogP contribution in [0.15, 0.2) is 36.4 Å². The van der Waals surface area contributed by atoms with Crippen molar-refractivity contribution in [3.8, 4) is 17.2 Å². The van der Waals surface area contributed by atoms with Crippen molar-refractivity contribution in [2.24, 2.45) is 0 Å². The van der Waals surface area contributed by atoms with Gasteiger partial charge in [-0.25, -0.2) is 0 Å². The largest absolute Gasteiger partial charge is 0.486 e. The van der Waals surface area contributed by atoms with Crippen molar-refractivity contribution in [1.29, 1.82) is 0 Å². The summed E-state index contributed by atoms with van der Waals surface area (Å²) < 4.78 is 16.8. The summed E-state index contributed by atoms with van der Waals surface area (Å²) >= 11 is 6.24. The van der Waals surface area contributed by atoms with Gasteiger partial charge in [0.1, 0.15) is 19.0 Å². The Bertz CT molecular complexity index is 827. The first-order valence-electron chi connectivity index (χ1n) is 8.91. The maximum absolute atomic E-state index is 12.5. The third-order valence-electron chi connectivity index (χ3n) is 4.29. The molecule has 1 aliphatic rings. The van der Waals surface area contributed by atoms with E-state index in [1.807, 2.05) is 24.3 Å². The van der Waals surface area contributed by atoms with Crippen LogP contribution >= 0.6 is 11.6 Å². The Hall–Kier alpha value is -2.40. The van der Waals surface area contributed by atoms with Gasteiger partial charge in [-0.05, 0) is 30.0 Å². The number of benzene rings is 2. The SMILES string of the molecule is CC(Oc1ccc(C(C)(C)C)cc1)C(=O)Nc1cc2c(cc1Cl)OCCO2. The second kappa shape index (κ2) is 7.69. The second-order valence-electron chi connectivity index (χ2n) is 7.50. The zero-order valence-electron chi connectivity index (χ0n) is 16.0. The van der Waals surface area contributed by atoms with E-state index >= 15 is 0 Å². The molecule has 0 saturated carbocycles. The average Bonchev–Trinajstić information content (AvgIpc) is 2.62. The van der Waals surface area contributed by atoms with Crippen molar-refractivity contribution in [2.45, 2.75) is 39.2 Å². The molecule has 144 valence electrons. The molecule has 6 heteroatoms. The lowest BCUT2D eigenvalue weighted by atomic mass is 9.87.